The lowest BCUT2D eigenvalue weighted by molar-refractivity contribution is -0.142. The summed E-state index contributed by atoms with van der Waals surface area (Å²) in [6.07, 6.45) is 1.68. The maximum absolute atomic E-state index is 10.8. The minimum absolute atomic E-state index is 0.129. The van der Waals surface area contributed by atoms with Crippen LogP contribution in [0.15, 0.2) is 0 Å². The Balaban J connectivity index is 2.71. The van der Waals surface area contributed by atoms with Crippen LogP contribution in [0.2, 0.25) is 0 Å². The largest absolute Gasteiger partial charge is 0.481 e. The lowest BCUT2D eigenvalue weighted by Gasteiger charge is -2.31. The molecule has 0 radical (unpaired) electrons. The van der Waals surface area contributed by atoms with Crippen LogP contribution >= 0.6 is 0 Å². The average molecular weight is 185 g/mol. The van der Waals surface area contributed by atoms with Crippen LogP contribution in [0.3, 0.4) is 0 Å². The maximum Gasteiger partial charge on any atom is 0.308 e. The molecule has 0 amide bonds. The first-order valence-electron chi connectivity index (χ1n) is 4.82. The molecule has 0 aliphatic heterocycles. The lowest BCUT2D eigenvalue weighted by atomic mass is 9.77. The summed E-state index contributed by atoms with van der Waals surface area (Å²) in [6.45, 7) is 6.38. The van der Waals surface area contributed by atoms with Crippen molar-refractivity contribution in [1.29, 1.82) is 0 Å². The van der Waals surface area contributed by atoms with Gasteiger partial charge in [-0.05, 0) is 24.2 Å². The highest BCUT2D eigenvalue weighted by Crippen LogP contribution is 2.41. The molecule has 1 rings (SSSR count). The summed E-state index contributed by atoms with van der Waals surface area (Å²) in [5.74, 6) is -0.725. The van der Waals surface area contributed by atoms with Gasteiger partial charge in [0.25, 0.3) is 0 Å². The molecule has 3 atom stereocenters. The van der Waals surface area contributed by atoms with Gasteiger partial charge >= 0.3 is 5.97 Å². The van der Waals surface area contributed by atoms with Crippen molar-refractivity contribution >= 4 is 5.97 Å². The van der Waals surface area contributed by atoms with Gasteiger partial charge in [-0.15, -0.1) is 0 Å². The Labute approximate surface area is 79.3 Å². The van der Waals surface area contributed by atoms with E-state index >= 15 is 0 Å². The predicted octanol–water partition coefficient (Wildman–Crippen LogP) is 1.47. The summed E-state index contributed by atoms with van der Waals surface area (Å²) >= 11 is 0. The number of nitrogens with two attached hydrogens (primary N) is 1. The van der Waals surface area contributed by atoms with E-state index in [0.717, 1.165) is 12.8 Å². The smallest absolute Gasteiger partial charge is 0.308 e. The molecular formula is C10H19NO2. The standard InChI is InChI=1S/C10H19NO2/c1-10(2,3)7-5-4-6(8(7)11)9(12)13/h6-8H,4-5,11H2,1-3H3,(H,12,13)/t6-,7-,8-/m1/s1. The molecule has 1 aliphatic carbocycles. The number of rotatable bonds is 1. The minimum Gasteiger partial charge on any atom is -0.481 e. The van der Waals surface area contributed by atoms with E-state index in [-0.39, 0.29) is 17.4 Å². The van der Waals surface area contributed by atoms with Gasteiger partial charge in [-0.25, -0.2) is 0 Å². The number of carboxylic acids is 1. The molecule has 0 aromatic rings. The van der Waals surface area contributed by atoms with Gasteiger partial charge in [-0.2, -0.15) is 0 Å². The van der Waals surface area contributed by atoms with E-state index in [0.29, 0.717) is 5.92 Å². The van der Waals surface area contributed by atoms with Gasteiger partial charge in [0.15, 0.2) is 0 Å². The van der Waals surface area contributed by atoms with Crippen LogP contribution in [0.4, 0.5) is 0 Å². The number of carboxylic acid groups (broad SMARTS) is 1. The summed E-state index contributed by atoms with van der Waals surface area (Å²) < 4.78 is 0. The first kappa shape index (κ1) is 10.5. The van der Waals surface area contributed by atoms with Gasteiger partial charge in [0.2, 0.25) is 0 Å². The van der Waals surface area contributed by atoms with Crippen LogP contribution in [0, 0.1) is 17.3 Å². The van der Waals surface area contributed by atoms with Crippen LogP contribution in [-0.2, 0) is 4.79 Å². The van der Waals surface area contributed by atoms with E-state index in [9.17, 15) is 4.79 Å². The molecule has 0 bridgehead atoms. The van der Waals surface area contributed by atoms with Crippen LogP contribution in [0.25, 0.3) is 0 Å². The van der Waals surface area contributed by atoms with Gasteiger partial charge in [0.1, 0.15) is 0 Å². The van der Waals surface area contributed by atoms with Crippen molar-refractivity contribution in [2.45, 2.75) is 39.7 Å². The average Bonchev–Trinajstić information content (AvgIpc) is 2.28. The van der Waals surface area contributed by atoms with Crippen molar-refractivity contribution in [3.8, 4) is 0 Å². The quantitative estimate of drug-likeness (QED) is 0.650. The molecule has 0 saturated heterocycles. The summed E-state index contributed by atoms with van der Waals surface area (Å²) in [7, 11) is 0. The Bertz CT molecular complexity index is 207. The Hall–Kier alpha value is -0.570. The van der Waals surface area contributed by atoms with Crippen molar-refractivity contribution in [2.75, 3.05) is 0 Å². The second kappa shape index (κ2) is 3.29. The second-order valence-electron chi connectivity index (χ2n) is 5.07. The van der Waals surface area contributed by atoms with E-state index in [4.69, 9.17) is 10.8 Å². The van der Waals surface area contributed by atoms with E-state index in [1.165, 1.54) is 0 Å². The molecule has 1 fully saturated rings. The predicted molar refractivity (Wildman–Crippen MR) is 51.3 cm³/mol. The summed E-state index contributed by atoms with van der Waals surface area (Å²) in [4.78, 5) is 10.8. The zero-order valence-corrected chi connectivity index (χ0v) is 8.58. The van der Waals surface area contributed by atoms with Gasteiger partial charge in [-0.3, -0.25) is 4.79 Å². The van der Waals surface area contributed by atoms with Crippen molar-refractivity contribution in [2.24, 2.45) is 23.0 Å². The monoisotopic (exact) mass is 185 g/mol. The topological polar surface area (TPSA) is 63.3 Å². The van der Waals surface area contributed by atoms with Crippen LogP contribution in [0.5, 0.6) is 0 Å². The first-order valence-corrected chi connectivity index (χ1v) is 4.82. The summed E-state index contributed by atoms with van der Waals surface area (Å²) in [5.41, 5.74) is 6.06. The highest BCUT2D eigenvalue weighted by Gasteiger charge is 2.42. The zero-order valence-electron chi connectivity index (χ0n) is 8.58. The number of carbonyl (C=O) groups is 1. The zero-order chi connectivity index (χ0) is 10.2. The maximum atomic E-state index is 10.8. The van der Waals surface area contributed by atoms with E-state index < -0.39 is 5.97 Å². The normalized spacial score (nSPS) is 34.9. The molecule has 0 aromatic heterocycles. The van der Waals surface area contributed by atoms with E-state index in [1.807, 2.05) is 0 Å². The summed E-state index contributed by atoms with van der Waals surface area (Å²) in [5, 5.41) is 8.89. The van der Waals surface area contributed by atoms with Crippen LogP contribution < -0.4 is 5.73 Å². The second-order valence-corrected chi connectivity index (χ2v) is 5.07. The van der Waals surface area contributed by atoms with Crippen LogP contribution in [0.1, 0.15) is 33.6 Å². The third-order valence-corrected chi connectivity index (χ3v) is 3.15. The van der Waals surface area contributed by atoms with Crippen molar-refractivity contribution < 1.29 is 9.90 Å². The molecule has 0 spiro atoms. The highest BCUT2D eigenvalue weighted by atomic mass is 16.4. The fourth-order valence-corrected chi connectivity index (χ4v) is 2.32. The van der Waals surface area contributed by atoms with Gasteiger partial charge in [0.05, 0.1) is 5.92 Å². The molecule has 0 heterocycles. The molecule has 3 heteroatoms. The first-order chi connectivity index (χ1) is 5.84. The lowest BCUT2D eigenvalue weighted by Crippen LogP contribution is -2.40. The Kier molecular flexibility index (Phi) is 2.66. The molecule has 13 heavy (non-hydrogen) atoms. The molecular weight excluding hydrogens is 166 g/mol. The number of hydrogen-bond donors (Lipinski definition) is 2. The highest BCUT2D eigenvalue weighted by molar-refractivity contribution is 5.71. The van der Waals surface area contributed by atoms with Crippen LogP contribution in [-0.4, -0.2) is 17.1 Å². The molecule has 3 nitrogen and oxygen atoms in total. The van der Waals surface area contributed by atoms with Gasteiger partial charge in [-0.1, -0.05) is 20.8 Å². The number of aliphatic carboxylic acids is 1. The fourth-order valence-electron chi connectivity index (χ4n) is 2.32. The number of hydrogen-bond acceptors (Lipinski definition) is 2. The molecule has 3 N–H and O–H groups in total. The Morgan fingerprint density at radius 1 is 1.38 bits per heavy atom. The van der Waals surface area contributed by atoms with E-state index in [2.05, 4.69) is 20.8 Å². The molecule has 1 saturated carbocycles. The van der Waals surface area contributed by atoms with Crippen molar-refractivity contribution in [1.82, 2.24) is 0 Å². The van der Waals surface area contributed by atoms with E-state index in [1.54, 1.807) is 0 Å². The fraction of sp³-hybridized carbons (Fsp3) is 0.900. The third kappa shape index (κ3) is 2.02. The molecule has 1 aliphatic rings. The van der Waals surface area contributed by atoms with Gasteiger partial charge < -0.3 is 10.8 Å². The third-order valence-electron chi connectivity index (χ3n) is 3.15. The molecule has 0 aromatic carbocycles. The van der Waals surface area contributed by atoms with Crippen molar-refractivity contribution in [3.63, 3.8) is 0 Å². The Morgan fingerprint density at radius 3 is 2.15 bits per heavy atom. The molecule has 76 valence electrons. The minimum atomic E-state index is -0.737. The van der Waals surface area contributed by atoms with Crippen molar-refractivity contribution in [3.05, 3.63) is 0 Å². The summed E-state index contributed by atoms with van der Waals surface area (Å²) in [6, 6.07) is -0.169. The van der Waals surface area contributed by atoms with Gasteiger partial charge in [0, 0.05) is 6.04 Å². The SMILES string of the molecule is CC(C)(C)[C@@H]1CC[C@@H](C(=O)O)[C@H]1N. The Morgan fingerprint density at radius 2 is 1.92 bits per heavy atom. The molecule has 0 unspecified atom stereocenters.